The van der Waals surface area contributed by atoms with Crippen LogP contribution in [0.3, 0.4) is 0 Å². The lowest BCUT2D eigenvalue weighted by Crippen LogP contribution is -2.29. The Labute approximate surface area is 221 Å². The molecule has 0 aliphatic carbocycles. The summed E-state index contributed by atoms with van der Waals surface area (Å²) in [5.74, 6) is 1.74. The molecule has 1 aromatic heterocycles. The summed E-state index contributed by atoms with van der Waals surface area (Å²) in [6.07, 6.45) is 1.97. The van der Waals surface area contributed by atoms with E-state index in [1.54, 1.807) is 23.1 Å². The molecular formula is C29H24BrNO6. The summed E-state index contributed by atoms with van der Waals surface area (Å²) in [5.41, 5.74) is 2.12. The first-order chi connectivity index (χ1) is 18.0. The third-order valence-electron chi connectivity index (χ3n) is 6.66. The minimum atomic E-state index is -0.637. The van der Waals surface area contributed by atoms with Crippen LogP contribution >= 0.6 is 15.9 Å². The average Bonchev–Trinajstić information content (AvgIpc) is 3.48. The fraction of sp³-hybridized carbons (Fsp3) is 0.241. The second-order valence-corrected chi connectivity index (χ2v) is 10.0. The third kappa shape index (κ3) is 4.25. The van der Waals surface area contributed by atoms with Crippen LogP contribution in [-0.4, -0.2) is 24.2 Å². The monoisotopic (exact) mass is 561 g/mol. The molecule has 3 heterocycles. The number of hydrogen-bond donors (Lipinski definition) is 0. The molecule has 0 bridgehead atoms. The first kappa shape index (κ1) is 23.6. The van der Waals surface area contributed by atoms with E-state index in [0.29, 0.717) is 40.4 Å². The Morgan fingerprint density at radius 1 is 1.03 bits per heavy atom. The number of halogens is 1. The molecule has 2 aliphatic rings. The molecule has 0 saturated heterocycles. The second kappa shape index (κ2) is 9.59. The van der Waals surface area contributed by atoms with Crippen molar-refractivity contribution in [1.29, 1.82) is 0 Å². The minimum absolute atomic E-state index is 0.0721. The van der Waals surface area contributed by atoms with Crippen molar-refractivity contribution in [3.63, 3.8) is 0 Å². The van der Waals surface area contributed by atoms with Crippen LogP contribution in [0.15, 0.2) is 74.3 Å². The van der Waals surface area contributed by atoms with Gasteiger partial charge in [0.1, 0.15) is 11.3 Å². The summed E-state index contributed by atoms with van der Waals surface area (Å²) in [5, 5.41) is 0.422. The molecule has 188 valence electrons. The lowest BCUT2D eigenvalue weighted by molar-refractivity contribution is 0.0714. The smallest absolute Gasteiger partial charge is 0.291 e. The summed E-state index contributed by atoms with van der Waals surface area (Å²) in [4.78, 5) is 29.3. The maximum atomic E-state index is 13.8. The lowest BCUT2D eigenvalue weighted by Gasteiger charge is -2.25. The predicted molar refractivity (Wildman–Crippen MR) is 141 cm³/mol. The number of hydrogen-bond acceptors (Lipinski definition) is 6. The van der Waals surface area contributed by atoms with E-state index in [9.17, 15) is 9.59 Å². The SMILES string of the molecule is CCCCOc1cccc(C2c3c(oc4ccc(Br)cc4c3=O)C(=O)N2Cc2ccc3c(c2)OCO3)c1. The minimum Gasteiger partial charge on any atom is -0.494 e. The number of nitrogens with zero attached hydrogens (tertiary/aromatic N) is 1. The van der Waals surface area contributed by atoms with Crippen LogP contribution in [-0.2, 0) is 6.54 Å². The van der Waals surface area contributed by atoms with E-state index < -0.39 is 6.04 Å². The normalized spacial score (nSPS) is 15.9. The Bertz CT molecular complexity index is 1580. The molecule has 6 rings (SSSR count). The summed E-state index contributed by atoms with van der Waals surface area (Å²) in [6.45, 7) is 3.13. The number of carbonyl (C=O) groups excluding carboxylic acids is 1. The summed E-state index contributed by atoms with van der Waals surface area (Å²) in [6, 6.07) is 17.8. The highest BCUT2D eigenvalue weighted by atomic mass is 79.9. The fourth-order valence-electron chi connectivity index (χ4n) is 4.85. The van der Waals surface area contributed by atoms with Crippen LogP contribution in [0.4, 0.5) is 0 Å². The van der Waals surface area contributed by atoms with Crippen molar-refractivity contribution in [3.05, 3.63) is 97.8 Å². The van der Waals surface area contributed by atoms with Gasteiger partial charge >= 0.3 is 0 Å². The van der Waals surface area contributed by atoms with Crippen LogP contribution in [0.1, 0.15) is 53.1 Å². The predicted octanol–water partition coefficient (Wildman–Crippen LogP) is 6.21. The van der Waals surface area contributed by atoms with E-state index in [1.165, 1.54) is 0 Å². The first-order valence-corrected chi connectivity index (χ1v) is 13.0. The summed E-state index contributed by atoms with van der Waals surface area (Å²) >= 11 is 3.44. The first-order valence-electron chi connectivity index (χ1n) is 12.2. The van der Waals surface area contributed by atoms with E-state index in [4.69, 9.17) is 18.6 Å². The van der Waals surface area contributed by atoms with Gasteiger partial charge in [-0.1, -0.05) is 47.5 Å². The van der Waals surface area contributed by atoms with Gasteiger partial charge in [-0.05, 0) is 60.0 Å². The Morgan fingerprint density at radius 2 is 1.89 bits per heavy atom. The van der Waals surface area contributed by atoms with Gasteiger partial charge in [0, 0.05) is 11.0 Å². The van der Waals surface area contributed by atoms with Crippen molar-refractivity contribution < 1.29 is 23.4 Å². The number of unbranched alkanes of at least 4 members (excludes halogenated alkanes) is 1. The van der Waals surface area contributed by atoms with E-state index in [-0.39, 0.29) is 30.4 Å². The van der Waals surface area contributed by atoms with E-state index in [2.05, 4.69) is 22.9 Å². The molecule has 37 heavy (non-hydrogen) atoms. The second-order valence-electron chi connectivity index (χ2n) is 9.11. The standard InChI is InChI=1S/C29H24BrNO6/c1-2-3-11-34-20-6-4-5-18(13-20)26-25-27(32)21-14-19(30)8-10-22(21)37-28(25)29(33)31(26)15-17-7-9-23-24(12-17)36-16-35-23/h4-10,12-14,26H,2-3,11,15-16H2,1H3. The molecule has 3 aromatic carbocycles. The molecule has 0 N–H and O–H groups in total. The zero-order chi connectivity index (χ0) is 25.5. The number of rotatable bonds is 7. The molecule has 4 aromatic rings. The van der Waals surface area contributed by atoms with Gasteiger partial charge in [-0.3, -0.25) is 9.59 Å². The Morgan fingerprint density at radius 3 is 2.76 bits per heavy atom. The molecule has 1 amide bonds. The number of ether oxygens (including phenoxy) is 3. The van der Waals surface area contributed by atoms with Crippen molar-refractivity contribution in [1.82, 2.24) is 4.90 Å². The van der Waals surface area contributed by atoms with Gasteiger partial charge in [-0.25, -0.2) is 0 Å². The highest BCUT2D eigenvalue weighted by Crippen LogP contribution is 2.41. The quantitative estimate of drug-likeness (QED) is 0.250. The molecule has 8 heteroatoms. The molecule has 2 aliphatic heterocycles. The van der Waals surface area contributed by atoms with Crippen LogP contribution in [0.25, 0.3) is 11.0 Å². The van der Waals surface area contributed by atoms with Gasteiger partial charge in [-0.15, -0.1) is 0 Å². The number of amides is 1. The van der Waals surface area contributed by atoms with Gasteiger partial charge in [0.15, 0.2) is 16.9 Å². The van der Waals surface area contributed by atoms with Crippen LogP contribution in [0.5, 0.6) is 17.2 Å². The number of benzene rings is 3. The zero-order valence-corrected chi connectivity index (χ0v) is 21.7. The Kier molecular flexibility index (Phi) is 6.12. The fourth-order valence-corrected chi connectivity index (χ4v) is 5.21. The molecule has 0 spiro atoms. The average molecular weight is 562 g/mol. The number of fused-ring (bicyclic) bond motifs is 3. The van der Waals surface area contributed by atoms with Gasteiger partial charge in [0.05, 0.1) is 23.6 Å². The Hall–Kier alpha value is -3.78. The molecule has 0 fully saturated rings. The molecular weight excluding hydrogens is 538 g/mol. The van der Waals surface area contributed by atoms with Gasteiger partial charge < -0.3 is 23.5 Å². The molecule has 7 nitrogen and oxygen atoms in total. The van der Waals surface area contributed by atoms with Crippen molar-refractivity contribution in [2.75, 3.05) is 13.4 Å². The van der Waals surface area contributed by atoms with Crippen molar-refractivity contribution in [2.24, 2.45) is 0 Å². The van der Waals surface area contributed by atoms with Gasteiger partial charge in [-0.2, -0.15) is 0 Å². The van der Waals surface area contributed by atoms with Crippen molar-refractivity contribution in [3.8, 4) is 17.2 Å². The van der Waals surface area contributed by atoms with Gasteiger partial charge in [0.25, 0.3) is 5.91 Å². The maximum absolute atomic E-state index is 13.8. The lowest BCUT2D eigenvalue weighted by atomic mass is 9.98. The summed E-state index contributed by atoms with van der Waals surface area (Å²) < 4.78 is 23.7. The van der Waals surface area contributed by atoms with Gasteiger partial charge in [0.2, 0.25) is 12.6 Å². The van der Waals surface area contributed by atoms with E-state index >= 15 is 0 Å². The van der Waals surface area contributed by atoms with E-state index in [1.807, 2.05) is 42.5 Å². The maximum Gasteiger partial charge on any atom is 0.291 e. The topological polar surface area (TPSA) is 78.2 Å². The molecule has 0 saturated carbocycles. The third-order valence-corrected chi connectivity index (χ3v) is 7.15. The van der Waals surface area contributed by atoms with Crippen LogP contribution < -0.4 is 19.6 Å². The van der Waals surface area contributed by atoms with Crippen LogP contribution in [0.2, 0.25) is 0 Å². The molecule has 0 radical (unpaired) electrons. The summed E-state index contributed by atoms with van der Waals surface area (Å²) in [7, 11) is 0. The highest BCUT2D eigenvalue weighted by molar-refractivity contribution is 9.10. The number of carbonyl (C=O) groups is 1. The molecule has 1 unspecified atom stereocenters. The van der Waals surface area contributed by atoms with Crippen LogP contribution in [0, 0.1) is 0 Å². The van der Waals surface area contributed by atoms with E-state index in [0.717, 1.165) is 28.4 Å². The Balaban J connectivity index is 1.47. The largest absolute Gasteiger partial charge is 0.494 e. The van der Waals surface area contributed by atoms with Crippen molar-refractivity contribution in [2.45, 2.75) is 32.4 Å². The highest BCUT2D eigenvalue weighted by Gasteiger charge is 2.43. The molecule has 1 atom stereocenters. The van der Waals surface area contributed by atoms with Crippen molar-refractivity contribution >= 4 is 32.8 Å². The zero-order valence-electron chi connectivity index (χ0n) is 20.2.